The van der Waals surface area contributed by atoms with Gasteiger partial charge in [-0.1, -0.05) is 51.2 Å². The van der Waals surface area contributed by atoms with Gasteiger partial charge in [-0.15, -0.1) is 0 Å². The molecule has 0 aromatic rings. The highest BCUT2D eigenvalue weighted by atomic mass is 14.2. The molecule has 0 aromatic heterocycles. The van der Waals surface area contributed by atoms with Gasteiger partial charge >= 0.3 is 0 Å². The highest BCUT2D eigenvalue weighted by molar-refractivity contribution is 5.06. The van der Waals surface area contributed by atoms with Crippen molar-refractivity contribution in [1.29, 1.82) is 0 Å². The van der Waals surface area contributed by atoms with Crippen LogP contribution in [0.2, 0.25) is 0 Å². The van der Waals surface area contributed by atoms with Crippen LogP contribution in [0.4, 0.5) is 0 Å². The molecule has 1 atom stereocenters. The second kappa shape index (κ2) is 6.23. The third-order valence-corrected chi connectivity index (χ3v) is 3.18. The predicted molar refractivity (Wildman–Crippen MR) is 59.9 cm³/mol. The second-order valence-corrected chi connectivity index (χ2v) is 4.42. The zero-order chi connectivity index (χ0) is 9.52. The van der Waals surface area contributed by atoms with Crippen LogP contribution in [0.3, 0.4) is 0 Å². The van der Waals surface area contributed by atoms with Crippen LogP contribution in [0.5, 0.6) is 0 Å². The molecule has 0 aliphatic heterocycles. The Hall–Kier alpha value is -0.260. The smallest absolute Gasteiger partial charge is 0.0232 e. The Morgan fingerprint density at radius 2 is 2.00 bits per heavy atom. The van der Waals surface area contributed by atoms with Gasteiger partial charge in [-0.05, 0) is 31.6 Å². The molecular weight excluding hydrogens is 156 g/mol. The Balaban J connectivity index is 2.45. The van der Waals surface area contributed by atoms with E-state index in [9.17, 15) is 0 Å². The maximum atomic E-state index is 2.51. The van der Waals surface area contributed by atoms with E-state index in [2.05, 4.69) is 19.9 Å². The highest BCUT2D eigenvalue weighted by Crippen LogP contribution is 2.27. The maximum Gasteiger partial charge on any atom is -0.0232 e. The molecule has 0 heterocycles. The van der Waals surface area contributed by atoms with E-state index >= 15 is 0 Å². The number of hydrogen-bond acceptors (Lipinski definition) is 0. The molecule has 1 fully saturated rings. The lowest BCUT2D eigenvalue weighted by atomic mass is 9.87. The Bertz CT molecular complexity index is 155. The first kappa shape index (κ1) is 10.8. The van der Waals surface area contributed by atoms with Crippen molar-refractivity contribution in [3.05, 3.63) is 11.6 Å². The molecule has 0 aromatic carbocycles. The first-order chi connectivity index (χ1) is 6.34. The SMILES string of the molecule is CCCC=C1CCCCCCC1C. The van der Waals surface area contributed by atoms with E-state index < -0.39 is 0 Å². The molecule has 0 N–H and O–H groups in total. The fraction of sp³-hybridized carbons (Fsp3) is 0.846. The van der Waals surface area contributed by atoms with Gasteiger partial charge in [0, 0.05) is 0 Å². The van der Waals surface area contributed by atoms with E-state index in [0.29, 0.717) is 0 Å². The summed E-state index contributed by atoms with van der Waals surface area (Å²) in [7, 11) is 0. The average Bonchev–Trinajstić information content (AvgIpc) is 2.11. The van der Waals surface area contributed by atoms with Crippen molar-refractivity contribution in [2.45, 2.75) is 65.2 Å². The van der Waals surface area contributed by atoms with Gasteiger partial charge in [-0.25, -0.2) is 0 Å². The van der Waals surface area contributed by atoms with Crippen LogP contribution in [0.15, 0.2) is 11.6 Å². The topological polar surface area (TPSA) is 0 Å². The monoisotopic (exact) mass is 180 g/mol. The number of rotatable bonds is 2. The first-order valence-corrected chi connectivity index (χ1v) is 6.03. The summed E-state index contributed by atoms with van der Waals surface area (Å²) in [5.41, 5.74) is 1.75. The normalized spacial score (nSPS) is 28.5. The van der Waals surface area contributed by atoms with Crippen molar-refractivity contribution in [1.82, 2.24) is 0 Å². The molecule has 1 saturated carbocycles. The van der Waals surface area contributed by atoms with E-state index in [1.165, 1.54) is 51.4 Å². The lowest BCUT2D eigenvalue weighted by molar-refractivity contribution is 0.484. The van der Waals surface area contributed by atoms with Gasteiger partial charge in [0.25, 0.3) is 0 Å². The van der Waals surface area contributed by atoms with Gasteiger partial charge in [0.15, 0.2) is 0 Å². The summed E-state index contributed by atoms with van der Waals surface area (Å²) in [5.74, 6) is 0.867. The van der Waals surface area contributed by atoms with Crippen molar-refractivity contribution < 1.29 is 0 Å². The Morgan fingerprint density at radius 1 is 1.23 bits per heavy atom. The van der Waals surface area contributed by atoms with E-state index in [-0.39, 0.29) is 0 Å². The summed E-state index contributed by atoms with van der Waals surface area (Å²) < 4.78 is 0. The van der Waals surface area contributed by atoms with Gasteiger partial charge in [0.2, 0.25) is 0 Å². The third-order valence-electron chi connectivity index (χ3n) is 3.18. The van der Waals surface area contributed by atoms with Crippen LogP contribution >= 0.6 is 0 Å². The van der Waals surface area contributed by atoms with Gasteiger partial charge in [-0.3, -0.25) is 0 Å². The summed E-state index contributed by atoms with van der Waals surface area (Å²) in [6.07, 6.45) is 13.7. The molecule has 0 amide bonds. The third kappa shape index (κ3) is 3.97. The molecule has 0 heteroatoms. The van der Waals surface area contributed by atoms with Crippen LogP contribution in [-0.2, 0) is 0 Å². The highest BCUT2D eigenvalue weighted by Gasteiger charge is 2.10. The van der Waals surface area contributed by atoms with Crippen LogP contribution < -0.4 is 0 Å². The van der Waals surface area contributed by atoms with Crippen molar-refractivity contribution >= 4 is 0 Å². The quantitative estimate of drug-likeness (QED) is 0.540. The molecule has 0 saturated heterocycles. The molecule has 1 aliphatic carbocycles. The molecule has 0 bridgehead atoms. The van der Waals surface area contributed by atoms with Crippen LogP contribution in [0.1, 0.15) is 65.2 Å². The van der Waals surface area contributed by atoms with Crippen molar-refractivity contribution in [3.63, 3.8) is 0 Å². The van der Waals surface area contributed by atoms with E-state index in [4.69, 9.17) is 0 Å². The van der Waals surface area contributed by atoms with Crippen LogP contribution in [-0.4, -0.2) is 0 Å². The Morgan fingerprint density at radius 3 is 2.77 bits per heavy atom. The molecule has 1 rings (SSSR count). The largest absolute Gasteiger partial charge is 0.0851 e. The van der Waals surface area contributed by atoms with Crippen LogP contribution in [0, 0.1) is 5.92 Å². The average molecular weight is 180 g/mol. The Labute approximate surface area is 83.4 Å². The van der Waals surface area contributed by atoms with Crippen molar-refractivity contribution in [2.75, 3.05) is 0 Å². The van der Waals surface area contributed by atoms with Crippen molar-refractivity contribution in [3.8, 4) is 0 Å². The minimum atomic E-state index is 0.867. The summed E-state index contributed by atoms with van der Waals surface area (Å²) in [4.78, 5) is 0. The van der Waals surface area contributed by atoms with E-state index in [0.717, 1.165) is 5.92 Å². The fourth-order valence-electron chi connectivity index (χ4n) is 2.20. The molecule has 0 nitrogen and oxygen atoms in total. The number of hydrogen-bond donors (Lipinski definition) is 0. The van der Waals surface area contributed by atoms with Gasteiger partial charge < -0.3 is 0 Å². The predicted octanol–water partition coefficient (Wildman–Crippen LogP) is 4.70. The van der Waals surface area contributed by atoms with Gasteiger partial charge in [0.05, 0.1) is 0 Å². The molecule has 1 aliphatic rings. The van der Waals surface area contributed by atoms with Gasteiger partial charge in [0.1, 0.15) is 0 Å². The lowest BCUT2D eigenvalue weighted by Gasteiger charge is -2.19. The van der Waals surface area contributed by atoms with Crippen LogP contribution in [0.25, 0.3) is 0 Å². The molecule has 13 heavy (non-hydrogen) atoms. The molecular formula is C13H24. The fourth-order valence-corrected chi connectivity index (χ4v) is 2.20. The molecule has 0 radical (unpaired) electrons. The molecule has 76 valence electrons. The standard InChI is InChI=1S/C13H24/c1-3-4-10-13-11-8-6-5-7-9-12(13)2/h10,12H,3-9,11H2,1-2H3. The first-order valence-electron chi connectivity index (χ1n) is 6.03. The summed E-state index contributed by atoms with van der Waals surface area (Å²) in [6, 6.07) is 0. The number of allylic oxidation sites excluding steroid dienone is 2. The van der Waals surface area contributed by atoms with E-state index in [1.54, 1.807) is 5.57 Å². The lowest BCUT2D eigenvalue weighted by Crippen LogP contribution is -2.03. The van der Waals surface area contributed by atoms with Gasteiger partial charge in [-0.2, -0.15) is 0 Å². The summed E-state index contributed by atoms with van der Waals surface area (Å²) in [5, 5.41) is 0. The molecule has 0 spiro atoms. The zero-order valence-electron chi connectivity index (χ0n) is 9.31. The maximum absolute atomic E-state index is 2.51. The summed E-state index contributed by atoms with van der Waals surface area (Å²) in [6.45, 7) is 4.68. The summed E-state index contributed by atoms with van der Waals surface area (Å²) >= 11 is 0. The minimum absolute atomic E-state index is 0.867. The number of unbranched alkanes of at least 4 members (excludes halogenated alkanes) is 1. The minimum Gasteiger partial charge on any atom is -0.0851 e. The van der Waals surface area contributed by atoms with Crippen molar-refractivity contribution in [2.24, 2.45) is 5.92 Å². The molecule has 1 unspecified atom stereocenters. The second-order valence-electron chi connectivity index (χ2n) is 4.42. The van der Waals surface area contributed by atoms with E-state index in [1.807, 2.05) is 0 Å². The zero-order valence-corrected chi connectivity index (χ0v) is 9.31. The Kier molecular flexibility index (Phi) is 5.19.